The first kappa shape index (κ1) is 13.3. The van der Waals surface area contributed by atoms with E-state index in [1.807, 2.05) is 0 Å². The Kier molecular flexibility index (Phi) is 5.75. The molecule has 3 heteroatoms. The van der Waals surface area contributed by atoms with E-state index >= 15 is 0 Å². The van der Waals surface area contributed by atoms with E-state index in [2.05, 4.69) is 10.2 Å². The SMILES string of the molecule is OCC1CCCC1CNCCCN1CCCC1. The standard InChI is InChI=1S/C14H28N2O/c17-12-14-6-3-5-13(14)11-15-7-4-10-16-8-1-2-9-16/h13-15,17H,1-12H2. The summed E-state index contributed by atoms with van der Waals surface area (Å²) in [6.07, 6.45) is 7.92. The van der Waals surface area contributed by atoms with Gasteiger partial charge in [-0.2, -0.15) is 0 Å². The summed E-state index contributed by atoms with van der Waals surface area (Å²) in [4.78, 5) is 2.58. The van der Waals surface area contributed by atoms with Crippen LogP contribution in [0.25, 0.3) is 0 Å². The lowest BCUT2D eigenvalue weighted by atomic mass is 9.97. The van der Waals surface area contributed by atoms with Crippen LogP contribution in [-0.2, 0) is 0 Å². The van der Waals surface area contributed by atoms with Gasteiger partial charge >= 0.3 is 0 Å². The molecule has 0 amide bonds. The quantitative estimate of drug-likeness (QED) is 0.662. The molecule has 2 aliphatic rings. The largest absolute Gasteiger partial charge is 0.396 e. The zero-order chi connectivity index (χ0) is 11.9. The summed E-state index contributed by atoms with van der Waals surface area (Å²) in [6.45, 7) is 6.54. The number of aliphatic hydroxyl groups is 1. The second-order valence-electron chi connectivity index (χ2n) is 5.74. The van der Waals surface area contributed by atoms with Crippen molar-refractivity contribution in [1.29, 1.82) is 0 Å². The Morgan fingerprint density at radius 3 is 2.59 bits per heavy atom. The van der Waals surface area contributed by atoms with Crippen LogP contribution >= 0.6 is 0 Å². The summed E-state index contributed by atoms with van der Waals surface area (Å²) < 4.78 is 0. The first-order chi connectivity index (χ1) is 8.40. The predicted molar refractivity (Wildman–Crippen MR) is 71.1 cm³/mol. The molecule has 0 bridgehead atoms. The third-order valence-electron chi connectivity index (χ3n) is 4.48. The fourth-order valence-corrected chi connectivity index (χ4v) is 3.34. The van der Waals surface area contributed by atoms with E-state index in [9.17, 15) is 5.11 Å². The molecule has 1 aliphatic carbocycles. The summed E-state index contributed by atoms with van der Waals surface area (Å²) in [5.74, 6) is 1.30. The molecule has 0 radical (unpaired) electrons. The van der Waals surface area contributed by atoms with Gasteiger partial charge in [0.2, 0.25) is 0 Å². The molecule has 0 aromatic heterocycles. The van der Waals surface area contributed by atoms with Crippen LogP contribution in [0, 0.1) is 11.8 Å². The molecule has 0 aromatic carbocycles. The average Bonchev–Trinajstić information content (AvgIpc) is 2.98. The Labute approximate surface area is 106 Å². The van der Waals surface area contributed by atoms with Crippen LogP contribution < -0.4 is 5.32 Å². The van der Waals surface area contributed by atoms with Crippen LogP contribution in [0.5, 0.6) is 0 Å². The lowest BCUT2D eigenvalue weighted by molar-refractivity contribution is 0.192. The van der Waals surface area contributed by atoms with E-state index < -0.39 is 0 Å². The van der Waals surface area contributed by atoms with Crippen molar-refractivity contribution >= 4 is 0 Å². The van der Waals surface area contributed by atoms with Crippen molar-refractivity contribution in [3.8, 4) is 0 Å². The summed E-state index contributed by atoms with van der Waals surface area (Å²) in [5, 5.41) is 12.8. The minimum Gasteiger partial charge on any atom is -0.396 e. The molecule has 1 saturated heterocycles. The van der Waals surface area contributed by atoms with Crippen molar-refractivity contribution in [2.75, 3.05) is 39.3 Å². The zero-order valence-electron chi connectivity index (χ0n) is 11.0. The molecular formula is C14H28N2O. The van der Waals surface area contributed by atoms with Crippen LogP contribution in [0.15, 0.2) is 0 Å². The van der Waals surface area contributed by atoms with E-state index in [0.29, 0.717) is 12.5 Å². The van der Waals surface area contributed by atoms with Gasteiger partial charge in [-0.3, -0.25) is 0 Å². The Morgan fingerprint density at radius 1 is 1.06 bits per heavy atom. The molecule has 2 unspecified atom stereocenters. The Balaban J connectivity index is 1.48. The Hall–Kier alpha value is -0.120. The number of hydrogen-bond acceptors (Lipinski definition) is 3. The van der Waals surface area contributed by atoms with Crippen LogP contribution in [0.3, 0.4) is 0 Å². The highest BCUT2D eigenvalue weighted by Crippen LogP contribution is 2.30. The minimum atomic E-state index is 0.389. The number of likely N-dealkylation sites (tertiary alicyclic amines) is 1. The van der Waals surface area contributed by atoms with E-state index in [4.69, 9.17) is 0 Å². The number of aliphatic hydroxyl groups excluding tert-OH is 1. The highest BCUT2D eigenvalue weighted by Gasteiger charge is 2.25. The number of nitrogens with one attached hydrogen (secondary N) is 1. The Bertz CT molecular complexity index is 204. The molecule has 0 spiro atoms. The summed E-state index contributed by atoms with van der Waals surface area (Å²) in [7, 11) is 0. The molecular weight excluding hydrogens is 212 g/mol. The fourth-order valence-electron chi connectivity index (χ4n) is 3.34. The molecule has 1 saturated carbocycles. The van der Waals surface area contributed by atoms with E-state index in [0.717, 1.165) is 19.0 Å². The van der Waals surface area contributed by atoms with Gasteiger partial charge < -0.3 is 15.3 Å². The van der Waals surface area contributed by atoms with E-state index in [1.54, 1.807) is 0 Å². The third kappa shape index (κ3) is 4.23. The molecule has 2 rings (SSSR count). The highest BCUT2D eigenvalue weighted by atomic mass is 16.3. The van der Waals surface area contributed by atoms with Crippen molar-refractivity contribution < 1.29 is 5.11 Å². The molecule has 17 heavy (non-hydrogen) atoms. The van der Waals surface area contributed by atoms with Gasteiger partial charge in [-0.05, 0) is 76.7 Å². The van der Waals surface area contributed by atoms with Crippen molar-refractivity contribution in [3.05, 3.63) is 0 Å². The Morgan fingerprint density at radius 2 is 1.82 bits per heavy atom. The lowest BCUT2D eigenvalue weighted by Gasteiger charge is -2.19. The third-order valence-corrected chi connectivity index (χ3v) is 4.48. The number of rotatable bonds is 7. The van der Waals surface area contributed by atoms with Crippen LogP contribution in [0.2, 0.25) is 0 Å². The fraction of sp³-hybridized carbons (Fsp3) is 1.00. The normalized spacial score (nSPS) is 30.2. The molecule has 2 fully saturated rings. The maximum atomic E-state index is 9.25. The molecule has 0 aromatic rings. The van der Waals surface area contributed by atoms with Crippen LogP contribution in [0.1, 0.15) is 38.5 Å². The summed E-state index contributed by atoms with van der Waals surface area (Å²) in [6, 6.07) is 0. The first-order valence-electron chi connectivity index (χ1n) is 7.44. The molecule has 100 valence electrons. The first-order valence-corrected chi connectivity index (χ1v) is 7.44. The number of nitrogens with zero attached hydrogens (tertiary/aromatic N) is 1. The van der Waals surface area contributed by atoms with Crippen LogP contribution in [0.4, 0.5) is 0 Å². The summed E-state index contributed by atoms with van der Waals surface area (Å²) >= 11 is 0. The van der Waals surface area contributed by atoms with Gasteiger partial charge in [-0.15, -0.1) is 0 Å². The van der Waals surface area contributed by atoms with Gasteiger partial charge in [0, 0.05) is 6.61 Å². The van der Waals surface area contributed by atoms with E-state index in [-0.39, 0.29) is 0 Å². The van der Waals surface area contributed by atoms with Crippen molar-refractivity contribution in [2.45, 2.75) is 38.5 Å². The van der Waals surface area contributed by atoms with Gasteiger partial charge in [-0.1, -0.05) is 6.42 Å². The zero-order valence-corrected chi connectivity index (χ0v) is 11.0. The number of hydrogen-bond donors (Lipinski definition) is 2. The molecule has 2 N–H and O–H groups in total. The van der Waals surface area contributed by atoms with Crippen LogP contribution in [-0.4, -0.2) is 49.3 Å². The molecule has 1 heterocycles. The van der Waals surface area contributed by atoms with Gasteiger partial charge in [0.25, 0.3) is 0 Å². The van der Waals surface area contributed by atoms with Gasteiger partial charge in [0.05, 0.1) is 0 Å². The maximum Gasteiger partial charge on any atom is 0.0462 e. The lowest BCUT2D eigenvalue weighted by Crippen LogP contribution is -2.29. The monoisotopic (exact) mass is 240 g/mol. The van der Waals surface area contributed by atoms with Gasteiger partial charge in [0.15, 0.2) is 0 Å². The second-order valence-corrected chi connectivity index (χ2v) is 5.74. The summed E-state index contributed by atoms with van der Waals surface area (Å²) in [5.41, 5.74) is 0. The van der Waals surface area contributed by atoms with E-state index in [1.165, 1.54) is 58.2 Å². The topological polar surface area (TPSA) is 35.5 Å². The maximum absolute atomic E-state index is 9.25. The second kappa shape index (κ2) is 7.34. The molecule has 2 atom stereocenters. The van der Waals surface area contributed by atoms with Crippen molar-refractivity contribution in [3.63, 3.8) is 0 Å². The smallest absolute Gasteiger partial charge is 0.0462 e. The van der Waals surface area contributed by atoms with Gasteiger partial charge in [0.1, 0.15) is 0 Å². The highest BCUT2D eigenvalue weighted by molar-refractivity contribution is 4.78. The van der Waals surface area contributed by atoms with Crippen molar-refractivity contribution in [2.24, 2.45) is 11.8 Å². The minimum absolute atomic E-state index is 0.389. The van der Waals surface area contributed by atoms with Crippen molar-refractivity contribution in [1.82, 2.24) is 10.2 Å². The molecule has 3 nitrogen and oxygen atoms in total. The average molecular weight is 240 g/mol. The predicted octanol–water partition coefficient (Wildman–Crippen LogP) is 1.47. The molecule has 1 aliphatic heterocycles. The van der Waals surface area contributed by atoms with Gasteiger partial charge in [-0.25, -0.2) is 0 Å².